The quantitative estimate of drug-likeness (QED) is 0.375. The molecule has 2 unspecified atom stereocenters. The molecule has 10 heteroatoms. The Labute approximate surface area is 197 Å². The third-order valence-corrected chi connectivity index (χ3v) is 7.78. The minimum absolute atomic E-state index is 0.126. The van der Waals surface area contributed by atoms with E-state index in [4.69, 9.17) is 0 Å². The summed E-state index contributed by atoms with van der Waals surface area (Å²) < 4.78 is -1.94. The van der Waals surface area contributed by atoms with Crippen molar-refractivity contribution in [3.63, 3.8) is 0 Å². The van der Waals surface area contributed by atoms with Gasteiger partial charge in [-0.3, -0.25) is 9.59 Å². The zero-order chi connectivity index (χ0) is 18.9. The van der Waals surface area contributed by atoms with Crippen molar-refractivity contribution < 1.29 is 9.59 Å². The van der Waals surface area contributed by atoms with E-state index < -0.39 is 4.29 Å². The maximum Gasteiger partial charge on any atom is 0.259 e. The second kappa shape index (κ2) is 6.67. The minimum Gasteiger partial charge on any atom is -0.348 e. The van der Waals surface area contributed by atoms with Gasteiger partial charge in [0.1, 0.15) is 0 Å². The predicted octanol–water partition coefficient (Wildman–Crippen LogP) is 5.38. The van der Waals surface area contributed by atoms with Crippen molar-refractivity contribution in [2.75, 3.05) is 0 Å². The van der Waals surface area contributed by atoms with Crippen molar-refractivity contribution in [3.8, 4) is 0 Å². The third kappa shape index (κ3) is 4.54. The largest absolute Gasteiger partial charge is 0.348 e. The third-order valence-electron chi connectivity index (χ3n) is 5.62. The van der Waals surface area contributed by atoms with Crippen LogP contribution in [0.1, 0.15) is 45.4 Å². The molecule has 0 spiro atoms. The highest BCUT2D eigenvalue weighted by Crippen LogP contribution is 2.63. The molecule has 142 valence electrons. The molecule has 4 bridgehead atoms. The molecule has 0 saturated heterocycles. The highest BCUT2D eigenvalue weighted by Gasteiger charge is 2.63. The Morgan fingerprint density at radius 1 is 0.800 bits per heavy atom. The molecule has 4 nitrogen and oxygen atoms in total. The molecule has 0 radical (unpaired) electrons. The molecule has 4 rings (SSSR count). The topological polar surface area (TPSA) is 58.2 Å². The van der Waals surface area contributed by atoms with Crippen molar-refractivity contribution in [2.45, 2.75) is 60.8 Å². The van der Waals surface area contributed by atoms with Crippen LogP contribution in [0.2, 0.25) is 0 Å². The molecular formula is C15H18Br6N2O2. The smallest absolute Gasteiger partial charge is 0.259 e. The molecule has 4 aliphatic carbocycles. The normalized spacial score (nSPS) is 40.0. The van der Waals surface area contributed by atoms with Crippen LogP contribution in [0.5, 0.6) is 0 Å². The molecule has 2 N–H and O–H groups in total. The number of halogens is 6. The molecule has 25 heavy (non-hydrogen) atoms. The summed E-state index contributed by atoms with van der Waals surface area (Å²) in [5, 5.41) is 6.52. The molecule has 4 fully saturated rings. The van der Waals surface area contributed by atoms with Gasteiger partial charge in [-0.1, -0.05) is 6.92 Å². The van der Waals surface area contributed by atoms with Gasteiger partial charge in [0, 0.05) is 11.1 Å². The first-order valence-electron chi connectivity index (χ1n) is 7.95. The Bertz CT molecular complexity index is 570. The second-order valence-corrected chi connectivity index (χ2v) is 21.8. The summed E-state index contributed by atoms with van der Waals surface area (Å²) in [6.07, 6.45) is 5.76. The van der Waals surface area contributed by atoms with Crippen LogP contribution in [0.4, 0.5) is 0 Å². The molecule has 0 aromatic heterocycles. The van der Waals surface area contributed by atoms with Crippen molar-refractivity contribution in [1.82, 2.24) is 10.6 Å². The fourth-order valence-corrected chi connectivity index (χ4v) is 6.42. The van der Waals surface area contributed by atoms with Crippen molar-refractivity contribution in [3.05, 3.63) is 0 Å². The Kier molecular flexibility index (Phi) is 5.75. The van der Waals surface area contributed by atoms with E-state index in [1.807, 2.05) is 0 Å². The number of carbonyl (C=O) groups excluding carboxylic acids is 2. The summed E-state index contributed by atoms with van der Waals surface area (Å²) in [7, 11) is 0. The molecule has 0 aromatic rings. The lowest BCUT2D eigenvalue weighted by Crippen LogP contribution is -2.73. The lowest BCUT2D eigenvalue weighted by molar-refractivity contribution is -0.138. The SMILES string of the molecule is CC12CC3CC(NC(=O)C(Br)(Br)Br)(C1)CC(NC(=O)C(Br)(Br)Br)(C3)C2. The number of hydrogen-bond acceptors (Lipinski definition) is 2. The molecule has 2 amide bonds. The zero-order valence-corrected chi connectivity index (χ0v) is 22.9. The first-order chi connectivity index (χ1) is 11.2. The summed E-state index contributed by atoms with van der Waals surface area (Å²) in [6, 6.07) is 0. The summed E-state index contributed by atoms with van der Waals surface area (Å²) in [6.45, 7) is 2.28. The number of hydrogen-bond donors (Lipinski definition) is 2. The summed E-state index contributed by atoms with van der Waals surface area (Å²) in [5.74, 6) is 0.221. The van der Waals surface area contributed by atoms with Crippen molar-refractivity contribution >= 4 is 107 Å². The number of carbonyl (C=O) groups is 2. The molecule has 2 atom stereocenters. The Morgan fingerprint density at radius 3 is 1.52 bits per heavy atom. The van der Waals surface area contributed by atoms with Gasteiger partial charge in [-0.05, 0) is 145 Å². The van der Waals surface area contributed by atoms with Gasteiger partial charge in [0.15, 0.2) is 0 Å². The maximum absolute atomic E-state index is 12.6. The van der Waals surface area contributed by atoms with E-state index in [2.05, 4.69) is 113 Å². The predicted molar refractivity (Wildman–Crippen MR) is 120 cm³/mol. The lowest BCUT2D eigenvalue weighted by Gasteiger charge is -2.66. The molecule has 0 aliphatic heterocycles. The van der Waals surface area contributed by atoms with Crippen LogP contribution in [0.15, 0.2) is 0 Å². The molecular weight excluding hydrogens is 720 g/mol. The fourth-order valence-electron chi connectivity index (χ4n) is 5.82. The van der Waals surface area contributed by atoms with Gasteiger partial charge >= 0.3 is 0 Å². The molecule has 0 heterocycles. The second-order valence-electron chi connectivity index (χ2n) is 8.28. The number of nitrogens with one attached hydrogen (secondary N) is 2. The van der Waals surface area contributed by atoms with Gasteiger partial charge in [0.05, 0.1) is 0 Å². The van der Waals surface area contributed by atoms with E-state index >= 15 is 0 Å². The fraction of sp³-hybridized carbons (Fsp3) is 0.867. The average Bonchev–Trinajstić information content (AvgIpc) is 2.31. The highest BCUT2D eigenvalue weighted by atomic mass is 80.0. The summed E-state index contributed by atoms with van der Waals surface area (Å²) in [4.78, 5) is 25.2. The van der Waals surface area contributed by atoms with E-state index in [0.717, 1.165) is 38.5 Å². The monoisotopic (exact) mass is 732 g/mol. The minimum atomic E-state index is -0.968. The van der Waals surface area contributed by atoms with Crippen LogP contribution >= 0.6 is 95.6 Å². The Balaban J connectivity index is 1.88. The van der Waals surface area contributed by atoms with Gasteiger partial charge < -0.3 is 10.6 Å². The van der Waals surface area contributed by atoms with Crippen LogP contribution in [-0.4, -0.2) is 27.2 Å². The molecule has 4 aliphatic rings. The van der Waals surface area contributed by atoms with Gasteiger partial charge in [0.2, 0.25) is 4.29 Å². The van der Waals surface area contributed by atoms with E-state index in [-0.39, 0.29) is 28.3 Å². The first-order valence-corrected chi connectivity index (χ1v) is 12.7. The summed E-state index contributed by atoms with van der Waals surface area (Å²) >= 11 is 19.9. The van der Waals surface area contributed by atoms with E-state index in [0.29, 0.717) is 5.92 Å². The van der Waals surface area contributed by atoms with Crippen LogP contribution in [-0.2, 0) is 9.59 Å². The van der Waals surface area contributed by atoms with E-state index in [1.54, 1.807) is 0 Å². The van der Waals surface area contributed by atoms with Crippen LogP contribution in [0.25, 0.3) is 0 Å². The lowest BCUT2D eigenvalue weighted by atomic mass is 9.44. The molecule has 4 saturated carbocycles. The van der Waals surface area contributed by atoms with Gasteiger partial charge in [0.25, 0.3) is 11.8 Å². The molecule has 0 aromatic carbocycles. The Morgan fingerprint density at radius 2 is 1.20 bits per heavy atom. The number of amides is 2. The van der Waals surface area contributed by atoms with Crippen molar-refractivity contribution in [1.29, 1.82) is 0 Å². The van der Waals surface area contributed by atoms with Crippen LogP contribution < -0.4 is 10.6 Å². The average molecular weight is 738 g/mol. The van der Waals surface area contributed by atoms with Gasteiger partial charge in [-0.2, -0.15) is 0 Å². The summed E-state index contributed by atoms with van der Waals surface area (Å²) in [5.41, 5.74) is -0.444. The standard InChI is InChI=1S/C15H18Br6N2O2/c1-11-2-8-3-12(5-11,22-9(24)14(16,17)18)7-13(4-8,6-11)23-10(25)15(19,20)21/h8H,2-7H2,1H3,(H,22,24)(H,23,25). The number of alkyl halides is 6. The first kappa shape index (κ1) is 21.5. The van der Waals surface area contributed by atoms with E-state index in [1.165, 1.54) is 0 Å². The van der Waals surface area contributed by atoms with Gasteiger partial charge in [-0.25, -0.2) is 0 Å². The zero-order valence-electron chi connectivity index (χ0n) is 13.4. The van der Waals surface area contributed by atoms with E-state index in [9.17, 15) is 9.59 Å². The highest BCUT2D eigenvalue weighted by molar-refractivity contribution is 9.40. The Hall–Kier alpha value is 1.82. The van der Waals surface area contributed by atoms with Crippen LogP contribution in [0.3, 0.4) is 0 Å². The maximum atomic E-state index is 12.6. The van der Waals surface area contributed by atoms with Crippen LogP contribution in [0, 0.1) is 11.3 Å². The van der Waals surface area contributed by atoms with Crippen molar-refractivity contribution in [2.24, 2.45) is 11.3 Å². The number of rotatable bonds is 2. The van der Waals surface area contributed by atoms with Gasteiger partial charge in [-0.15, -0.1) is 0 Å².